The average molecular weight is 859 g/mol. The van der Waals surface area contributed by atoms with Gasteiger partial charge in [0.1, 0.15) is 0 Å². The third-order valence-corrected chi connectivity index (χ3v) is 54.1. The molecule has 0 fully saturated rings. The topological polar surface area (TPSA) is 0 Å². The molecule has 259 valence electrons. The summed E-state index contributed by atoms with van der Waals surface area (Å²) >= 11 is -3.42. The van der Waals surface area contributed by atoms with Crippen molar-refractivity contribution in [3.05, 3.63) is 179 Å². The molecule has 2 aliphatic carbocycles. The van der Waals surface area contributed by atoms with Gasteiger partial charge in [-0.3, -0.25) is 0 Å². The van der Waals surface area contributed by atoms with Crippen LogP contribution < -0.4 is 10.4 Å². The fourth-order valence-corrected chi connectivity index (χ4v) is 59.8. The van der Waals surface area contributed by atoms with Gasteiger partial charge in [-0.05, 0) is 0 Å². The predicted octanol–water partition coefficient (Wildman–Crippen LogP) is 12.9. The van der Waals surface area contributed by atoms with E-state index in [0.29, 0.717) is 9.59 Å². The van der Waals surface area contributed by atoms with Crippen molar-refractivity contribution in [3.8, 4) is 11.1 Å². The van der Waals surface area contributed by atoms with Crippen molar-refractivity contribution in [2.45, 2.75) is 70.8 Å². The van der Waals surface area contributed by atoms with Crippen LogP contribution in [0.3, 0.4) is 0 Å². The number of hydrogen-bond donors (Lipinski definition) is 0. The van der Waals surface area contributed by atoms with Crippen molar-refractivity contribution in [2.75, 3.05) is 0 Å². The van der Waals surface area contributed by atoms with E-state index in [0.717, 1.165) is 0 Å². The third kappa shape index (κ3) is 6.74. The molecule has 0 saturated carbocycles. The van der Waals surface area contributed by atoms with Crippen LogP contribution >= 0.6 is 0 Å². The first-order valence-corrected chi connectivity index (χ1v) is 33.7. The summed E-state index contributed by atoms with van der Waals surface area (Å²) in [5.41, 5.74) is 11.9. The van der Waals surface area contributed by atoms with E-state index in [1.54, 1.807) is 21.5 Å². The second-order valence-corrected chi connectivity index (χ2v) is 44.8. The molecule has 6 aromatic carbocycles. The minimum absolute atomic E-state index is 0.537. The fraction of sp³-hybridized carbons (Fsp3) is 0.240. The zero-order valence-electron chi connectivity index (χ0n) is 31.1. The van der Waals surface area contributed by atoms with Crippen LogP contribution in [0, 0.1) is 0 Å². The second kappa shape index (κ2) is 15.6. The van der Waals surface area contributed by atoms with Crippen molar-refractivity contribution < 1.29 is 19.1 Å². The van der Waals surface area contributed by atoms with Gasteiger partial charge in [0.25, 0.3) is 0 Å². The van der Waals surface area contributed by atoms with E-state index < -0.39 is 25.1 Å². The van der Waals surface area contributed by atoms with E-state index in [-0.39, 0.29) is 0 Å². The van der Waals surface area contributed by atoms with E-state index in [9.17, 15) is 0 Å². The Kier molecular flexibility index (Phi) is 10.6. The third-order valence-electron chi connectivity index (χ3n) is 12.2. The normalized spacial score (nSPS) is 17.5. The zero-order valence-corrected chi connectivity index (χ0v) is 35.7. The van der Waals surface area contributed by atoms with Crippen LogP contribution in [0.15, 0.2) is 157 Å². The van der Waals surface area contributed by atoms with Gasteiger partial charge in [0.05, 0.1) is 0 Å². The van der Waals surface area contributed by atoms with Gasteiger partial charge in [-0.25, -0.2) is 0 Å². The van der Waals surface area contributed by atoms with Gasteiger partial charge in [0, 0.05) is 0 Å². The molecule has 0 N–H and O–H groups in total. The molecule has 6 aromatic rings. The summed E-state index contributed by atoms with van der Waals surface area (Å²) in [6.45, 7) is 7.30. The van der Waals surface area contributed by atoms with Gasteiger partial charge in [-0.15, -0.1) is 0 Å². The molecule has 52 heavy (non-hydrogen) atoms. The molecule has 2 heteroatoms. The summed E-state index contributed by atoms with van der Waals surface area (Å²) in [6.07, 6.45) is 11.6. The summed E-state index contributed by atoms with van der Waals surface area (Å²) in [5.74, 6) is -0.462. The van der Waals surface area contributed by atoms with Crippen LogP contribution in [0.2, 0.25) is 8.35 Å². The number of unbranched alkanes of at least 4 members (excludes halogenated alkanes) is 2. The van der Waals surface area contributed by atoms with E-state index in [1.807, 2.05) is 0 Å². The van der Waals surface area contributed by atoms with E-state index in [4.69, 9.17) is 0 Å². The van der Waals surface area contributed by atoms with Crippen molar-refractivity contribution in [3.63, 3.8) is 0 Å². The average Bonchev–Trinajstić information content (AvgIpc) is 3.71. The molecular formula is C50H51HfSi. The number of hydrogen-bond acceptors (Lipinski definition) is 0. The number of rotatable bonds is 13. The van der Waals surface area contributed by atoms with Crippen LogP contribution in [-0.4, -0.2) is 5.98 Å². The molecule has 2 aliphatic rings. The summed E-state index contributed by atoms with van der Waals surface area (Å²) in [7, 11) is 0. The van der Waals surface area contributed by atoms with Crippen LogP contribution in [0.25, 0.3) is 34.1 Å². The predicted molar refractivity (Wildman–Crippen MR) is 225 cm³/mol. The fourth-order valence-electron chi connectivity index (χ4n) is 9.86. The molecular weight excluding hydrogens is 807 g/mol. The van der Waals surface area contributed by atoms with Gasteiger partial charge in [-0.2, -0.15) is 0 Å². The Morgan fingerprint density at radius 1 is 0.558 bits per heavy atom. The molecule has 1 radical (unpaired) electrons. The van der Waals surface area contributed by atoms with Crippen molar-refractivity contribution in [1.29, 1.82) is 0 Å². The molecule has 0 aromatic heterocycles. The summed E-state index contributed by atoms with van der Waals surface area (Å²) < 4.78 is 3.55. The Bertz CT molecular complexity index is 2180. The Balaban J connectivity index is 1.17. The standard InChI is InChI=1S/C20H21.C14H11.C12H10Si.C4H9.Hf/c1-3-4-10-19-15(2)13-18-14-17(11-12-20(18)19)16-8-6-5-7-9-16;1-10-8-12-7-6-11-4-2-3-5-13(11)14(12)9-10;1-3-7-11(8-4-1)13-12-9-5-2-6-10-12;1-3-4-2;/h5-9,11-14,19H,1,3-4,10H2,2H3;2-9H,1H3;1-10H;1,3-4H2,2H3;. The van der Waals surface area contributed by atoms with Gasteiger partial charge in [0.15, 0.2) is 0 Å². The van der Waals surface area contributed by atoms with Gasteiger partial charge >= 0.3 is 313 Å². The maximum absolute atomic E-state index is 3.42. The van der Waals surface area contributed by atoms with Crippen LogP contribution in [0.5, 0.6) is 0 Å². The molecule has 0 heterocycles. The number of benzene rings is 6. The minimum atomic E-state index is -3.42. The first-order chi connectivity index (χ1) is 25.6. The second-order valence-electron chi connectivity index (χ2n) is 15.4. The van der Waals surface area contributed by atoms with Crippen molar-refractivity contribution in [2.24, 2.45) is 0 Å². The summed E-state index contributed by atoms with van der Waals surface area (Å²) in [5, 5.41) is 6.10. The number of allylic oxidation sites excluding steroid dienone is 2. The molecule has 3 unspecified atom stereocenters. The molecule has 3 atom stereocenters. The van der Waals surface area contributed by atoms with Gasteiger partial charge < -0.3 is 0 Å². The SMILES string of the molecule is CCC[CH2][Hf]([CH2]CCCC1C(C)=Cc2cc(-c3ccccc3)ccc21)([CH]1C(C)=Cc2c1ccc1ccccc21)[Si](c1ccccc1)c1ccccc1. The van der Waals surface area contributed by atoms with Crippen LogP contribution in [0.4, 0.5) is 0 Å². The summed E-state index contributed by atoms with van der Waals surface area (Å²) in [4.78, 5) is 0. The zero-order chi connectivity index (χ0) is 35.5. The first-order valence-electron chi connectivity index (χ1n) is 19.6. The molecule has 0 amide bonds. The molecule has 0 saturated heterocycles. The maximum atomic E-state index is 2.62. The van der Waals surface area contributed by atoms with Crippen molar-refractivity contribution >= 4 is 39.3 Å². The van der Waals surface area contributed by atoms with E-state index >= 15 is 0 Å². The Morgan fingerprint density at radius 3 is 1.90 bits per heavy atom. The van der Waals surface area contributed by atoms with Gasteiger partial charge in [-0.1, -0.05) is 6.07 Å². The molecule has 0 nitrogen and oxygen atoms in total. The molecule has 0 bridgehead atoms. The quantitative estimate of drug-likeness (QED) is 0.0802. The Morgan fingerprint density at radius 2 is 1.19 bits per heavy atom. The monoisotopic (exact) mass is 859 g/mol. The Hall–Kier alpha value is -3.85. The molecule has 8 rings (SSSR count). The first kappa shape index (κ1) is 35.2. The number of fused-ring (bicyclic) bond motifs is 4. The van der Waals surface area contributed by atoms with Crippen LogP contribution in [0.1, 0.15) is 84.7 Å². The Labute approximate surface area is 317 Å². The molecule has 0 aliphatic heterocycles. The summed E-state index contributed by atoms with van der Waals surface area (Å²) in [6, 6.07) is 55.8. The molecule has 0 spiro atoms. The van der Waals surface area contributed by atoms with Crippen molar-refractivity contribution in [1.82, 2.24) is 0 Å². The van der Waals surface area contributed by atoms with Crippen LogP contribution in [-0.2, 0) is 19.1 Å². The van der Waals surface area contributed by atoms with Gasteiger partial charge in [0.2, 0.25) is 0 Å². The van der Waals surface area contributed by atoms with E-state index in [2.05, 4.69) is 179 Å². The van der Waals surface area contributed by atoms with E-state index in [1.165, 1.54) is 84.6 Å².